The van der Waals surface area contributed by atoms with E-state index in [9.17, 15) is 19.5 Å². The highest BCUT2D eigenvalue weighted by atomic mass is 35.5. The number of fused-ring (bicyclic) bond motifs is 1. The smallest absolute Gasteiger partial charge is 0.478 e. The molecule has 1 aliphatic heterocycles. The maximum atomic E-state index is 14.2. The van der Waals surface area contributed by atoms with E-state index in [2.05, 4.69) is 29.2 Å². The van der Waals surface area contributed by atoms with Crippen LogP contribution in [0.5, 0.6) is 0 Å². The van der Waals surface area contributed by atoms with Crippen molar-refractivity contribution in [1.29, 1.82) is 0 Å². The Bertz CT molecular complexity index is 1900. The van der Waals surface area contributed by atoms with Crippen LogP contribution in [0.1, 0.15) is 70.3 Å². The summed E-state index contributed by atoms with van der Waals surface area (Å²) in [5.41, 5.74) is 2.08. The van der Waals surface area contributed by atoms with E-state index in [0.29, 0.717) is 44.0 Å². The Balaban J connectivity index is 1.45. The molecule has 0 spiro atoms. The summed E-state index contributed by atoms with van der Waals surface area (Å²) in [6, 6.07) is 10.5. The van der Waals surface area contributed by atoms with Crippen molar-refractivity contribution in [3.8, 4) is 10.6 Å². The van der Waals surface area contributed by atoms with Gasteiger partial charge in [-0.25, -0.2) is 9.59 Å². The van der Waals surface area contributed by atoms with E-state index in [1.807, 2.05) is 10.6 Å². The molecule has 5 heterocycles. The van der Waals surface area contributed by atoms with Crippen LogP contribution < -0.4 is 11.1 Å². The third-order valence-electron chi connectivity index (χ3n) is 8.09. The first-order valence-electron chi connectivity index (χ1n) is 14.3. The number of rotatable bonds is 9. The molecule has 0 saturated carbocycles. The van der Waals surface area contributed by atoms with Crippen molar-refractivity contribution in [3.63, 3.8) is 0 Å². The maximum Gasteiger partial charge on any atom is 0.519 e. The Labute approximate surface area is 261 Å². The van der Waals surface area contributed by atoms with Gasteiger partial charge < -0.3 is 33.2 Å². The molecule has 6 rings (SSSR count). The molecule has 11 nitrogen and oxygen atoms in total. The number of hydrogen-bond donors (Lipinski definition) is 2. The van der Waals surface area contributed by atoms with Gasteiger partial charge in [-0.05, 0) is 69.5 Å². The number of nitrogens with one attached hydrogen (secondary N) is 1. The largest absolute Gasteiger partial charge is 0.519 e. The molecule has 1 fully saturated rings. The molecule has 1 aromatic carbocycles. The summed E-state index contributed by atoms with van der Waals surface area (Å²) in [6.45, 7) is 7.83. The number of halogens is 1. The first kappa shape index (κ1) is 29.9. The van der Waals surface area contributed by atoms with E-state index < -0.39 is 11.8 Å². The highest BCUT2D eigenvalue weighted by Crippen LogP contribution is 2.34. The van der Waals surface area contributed by atoms with Crippen molar-refractivity contribution in [2.75, 3.05) is 13.1 Å². The average Bonchev–Trinajstić information content (AvgIpc) is 3.76. The van der Waals surface area contributed by atoms with Crippen molar-refractivity contribution in [3.05, 3.63) is 85.4 Å². The molecular weight excluding hydrogens is 608 g/mol. The number of carbonyl (C=O) groups is 2. The molecule has 0 atom stereocenters. The highest BCUT2D eigenvalue weighted by molar-refractivity contribution is 7.19. The van der Waals surface area contributed by atoms with E-state index in [4.69, 9.17) is 25.0 Å². The van der Waals surface area contributed by atoms with E-state index in [1.54, 1.807) is 25.1 Å². The number of carboxylic acid groups (broad SMARTS) is 1. The lowest BCUT2D eigenvalue weighted by Gasteiger charge is -2.34. The van der Waals surface area contributed by atoms with Crippen LogP contribution in [0, 0.1) is 6.92 Å². The SMILES string of the molecule is Cc1oc(=O)oc1Cc1c(C(=O)NC2CCN(C(C)C)CC2)n(Cc2cc(-c3ccc(Cl)s3)on2)c2ccc(C(=O)O)cc12. The van der Waals surface area contributed by atoms with Crippen LogP contribution >= 0.6 is 22.9 Å². The lowest BCUT2D eigenvalue weighted by Crippen LogP contribution is -2.47. The number of aromatic nitrogens is 2. The number of hydrogen-bond acceptors (Lipinski definition) is 9. The normalized spacial score (nSPS) is 14.6. The van der Waals surface area contributed by atoms with Crippen molar-refractivity contribution in [2.24, 2.45) is 0 Å². The third kappa shape index (κ3) is 5.97. The van der Waals surface area contributed by atoms with Gasteiger partial charge in [-0.3, -0.25) is 4.79 Å². The fraction of sp³-hybridized carbons (Fsp3) is 0.355. The third-order valence-corrected chi connectivity index (χ3v) is 9.34. The zero-order valence-electron chi connectivity index (χ0n) is 24.4. The van der Waals surface area contributed by atoms with E-state index in [1.165, 1.54) is 23.5 Å². The molecule has 2 N–H and O–H groups in total. The van der Waals surface area contributed by atoms with Crippen molar-refractivity contribution >= 4 is 45.7 Å². The van der Waals surface area contributed by atoms with Crippen LogP contribution in [0.25, 0.3) is 21.5 Å². The summed E-state index contributed by atoms with van der Waals surface area (Å²) < 4.78 is 18.5. The molecule has 44 heavy (non-hydrogen) atoms. The second-order valence-corrected chi connectivity index (χ2v) is 12.9. The highest BCUT2D eigenvalue weighted by Gasteiger charge is 2.29. The zero-order chi connectivity index (χ0) is 31.1. The topological polar surface area (TPSA) is 144 Å². The van der Waals surface area contributed by atoms with E-state index in [-0.39, 0.29) is 42.0 Å². The maximum absolute atomic E-state index is 14.2. The van der Waals surface area contributed by atoms with Crippen LogP contribution in [0.4, 0.5) is 0 Å². The molecule has 13 heteroatoms. The number of thiophene rings is 1. The zero-order valence-corrected chi connectivity index (χ0v) is 26.0. The lowest BCUT2D eigenvalue weighted by molar-refractivity contribution is 0.0696. The van der Waals surface area contributed by atoms with Gasteiger partial charge in [-0.1, -0.05) is 16.8 Å². The molecule has 0 bridgehead atoms. The summed E-state index contributed by atoms with van der Waals surface area (Å²) in [6.07, 6.45) is 1.64. The number of aromatic carboxylic acids is 1. The van der Waals surface area contributed by atoms with Crippen LogP contribution in [-0.2, 0) is 13.0 Å². The Morgan fingerprint density at radius 2 is 1.93 bits per heavy atom. The molecule has 1 amide bonds. The number of nitrogens with zero attached hydrogens (tertiary/aromatic N) is 3. The van der Waals surface area contributed by atoms with E-state index >= 15 is 0 Å². The van der Waals surface area contributed by atoms with Gasteiger partial charge in [0.1, 0.15) is 17.1 Å². The summed E-state index contributed by atoms with van der Waals surface area (Å²) in [7, 11) is 0. The van der Waals surface area contributed by atoms with Gasteiger partial charge in [0.15, 0.2) is 11.5 Å². The Morgan fingerprint density at radius 3 is 2.57 bits per heavy atom. The standard InChI is InChI=1S/C31H31ClN4O7S/c1-16(2)35-10-8-19(9-11-35)33-29(37)28-22(14-24-17(3)41-31(40)42-24)21-12-18(30(38)39)4-5-23(21)36(28)15-20-13-25(43-34-20)26-6-7-27(32)44-26/h4-7,12-13,16,19H,8-11,14-15H2,1-3H3,(H,33,37)(H,38,39). The Morgan fingerprint density at radius 1 is 1.16 bits per heavy atom. The van der Waals surface area contributed by atoms with Crippen molar-refractivity contribution < 1.29 is 28.1 Å². The Hall–Kier alpha value is -4.13. The summed E-state index contributed by atoms with van der Waals surface area (Å²) >= 11 is 7.48. The molecule has 1 saturated heterocycles. The molecule has 0 aliphatic carbocycles. The van der Waals surface area contributed by atoms with Crippen LogP contribution in [-0.4, -0.2) is 56.8 Å². The monoisotopic (exact) mass is 638 g/mol. The summed E-state index contributed by atoms with van der Waals surface area (Å²) in [5, 5.41) is 17.8. The molecule has 4 aromatic heterocycles. The second kappa shape index (κ2) is 12.1. The molecule has 0 unspecified atom stereocenters. The molecule has 0 radical (unpaired) electrons. The molecule has 1 aliphatic rings. The number of amides is 1. The molecule has 5 aromatic rings. The first-order chi connectivity index (χ1) is 21.1. The average molecular weight is 639 g/mol. The predicted octanol–water partition coefficient (Wildman–Crippen LogP) is 5.81. The van der Waals surface area contributed by atoms with Crippen LogP contribution in [0.15, 0.2) is 54.6 Å². The first-order valence-corrected chi connectivity index (χ1v) is 15.5. The van der Waals surface area contributed by atoms with Gasteiger partial charge in [0, 0.05) is 48.6 Å². The number of carbonyl (C=O) groups excluding carboxylic acids is 1. The summed E-state index contributed by atoms with van der Waals surface area (Å²) in [5.74, 6) is -1.18. The number of carboxylic acids is 1. The predicted molar refractivity (Wildman–Crippen MR) is 165 cm³/mol. The molecular formula is C31H31ClN4O7S. The second-order valence-electron chi connectivity index (χ2n) is 11.2. The number of likely N-dealkylation sites (tertiary alicyclic amines) is 1. The minimum atomic E-state index is -1.10. The number of benzene rings is 1. The van der Waals surface area contributed by atoms with Crippen molar-refractivity contribution in [1.82, 2.24) is 19.9 Å². The van der Waals surface area contributed by atoms with Gasteiger partial charge in [-0.15, -0.1) is 11.3 Å². The van der Waals surface area contributed by atoms with Crippen molar-refractivity contribution in [2.45, 2.75) is 58.7 Å². The minimum Gasteiger partial charge on any atom is -0.478 e. The van der Waals surface area contributed by atoms with E-state index in [0.717, 1.165) is 30.8 Å². The summed E-state index contributed by atoms with van der Waals surface area (Å²) in [4.78, 5) is 41.3. The number of aryl methyl sites for hydroxylation is 1. The van der Waals surface area contributed by atoms with Gasteiger partial charge in [0.05, 0.1) is 21.3 Å². The van der Waals surface area contributed by atoms with Gasteiger partial charge in [0.25, 0.3) is 5.91 Å². The quantitative estimate of drug-likeness (QED) is 0.204. The Kier molecular flexibility index (Phi) is 8.23. The van der Waals surface area contributed by atoms with Gasteiger partial charge in [-0.2, -0.15) is 0 Å². The lowest BCUT2D eigenvalue weighted by atomic mass is 10.0. The minimum absolute atomic E-state index is 0.0381. The van der Waals surface area contributed by atoms with Crippen LogP contribution in [0.2, 0.25) is 4.34 Å². The number of piperidine rings is 1. The van der Waals surface area contributed by atoms with Gasteiger partial charge >= 0.3 is 11.8 Å². The van der Waals surface area contributed by atoms with Gasteiger partial charge in [0.2, 0.25) is 0 Å². The molecule has 230 valence electrons. The van der Waals surface area contributed by atoms with Crippen LogP contribution in [0.3, 0.4) is 0 Å². The fourth-order valence-electron chi connectivity index (χ4n) is 5.78. The fourth-order valence-corrected chi connectivity index (χ4v) is 6.77.